The zero-order valence-corrected chi connectivity index (χ0v) is 32.2. The van der Waals surface area contributed by atoms with E-state index in [1.54, 1.807) is 36.5 Å². The summed E-state index contributed by atoms with van der Waals surface area (Å²) in [6.07, 6.45) is 6.76. The fraction of sp³-hybridized carbons (Fsp3) is 0.429. The van der Waals surface area contributed by atoms with Crippen LogP contribution in [-0.4, -0.2) is 108 Å². The Morgan fingerprint density at radius 3 is 2.30 bits per heavy atom. The molecule has 1 unspecified atom stereocenters. The van der Waals surface area contributed by atoms with Gasteiger partial charge in [-0.3, -0.25) is 39.1 Å². The van der Waals surface area contributed by atoms with Gasteiger partial charge < -0.3 is 14.5 Å². The van der Waals surface area contributed by atoms with E-state index in [4.69, 9.17) is 21.6 Å². The smallest absolute Gasteiger partial charge is 0.278 e. The number of hydrogen-bond donors (Lipinski definition) is 1. The fourth-order valence-corrected chi connectivity index (χ4v) is 8.68. The number of amides is 5. The van der Waals surface area contributed by atoms with Crippen molar-refractivity contribution in [2.24, 2.45) is 10.9 Å². The van der Waals surface area contributed by atoms with Gasteiger partial charge in [0, 0.05) is 75.9 Å². The highest BCUT2D eigenvalue weighted by atomic mass is 35.5. The third kappa shape index (κ3) is 8.26. The summed E-state index contributed by atoms with van der Waals surface area (Å²) in [4.78, 5) is 80.5. The molecule has 1 aromatic heterocycles. The molecule has 1 aliphatic carbocycles. The number of nitrogens with zero attached hydrogens (tertiary/aromatic N) is 7. The number of imide groups is 2. The molecule has 2 aromatic carbocycles. The quantitative estimate of drug-likeness (QED) is 0.316. The largest absolute Gasteiger partial charge is 0.490 e. The third-order valence-corrected chi connectivity index (χ3v) is 12.1. The summed E-state index contributed by atoms with van der Waals surface area (Å²) in [6, 6.07) is 15.2. The van der Waals surface area contributed by atoms with Crippen molar-refractivity contribution in [2.75, 3.05) is 55.6 Å². The van der Waals surface area contributed by atoms with Crippen molar-refractivity contribution in [3.05, 3.63) is 82.0 Å². The minimum Gasteiger partial charge on any atom is -0.490 e. The lowest BCUT2D eigenvalue weighted by Gasteiger charge is -2.40. The predicted octanol–water partition coefficient (Wildman–Crippen LogP) is 4.65. The summed E-state index contributed by atoms with van der Waals surface area (Å²) in [5.41, 5.74) is 3.21. The summed E-state index contributed by atoms with van der Waals surface area (Å²) < 4.78 is 6.06. The highest BCUT2D eigenvalue weighted by Gasteiger charge is 2.45. The van der Waals surface area contributed by atoms with Gasteiger partial charge in [-0.25, -0.2) is 9.98 Å². The number of carbonyl (C=O) groups is 5. The van der Waals surface area contributed by atoms with Crippen LogP contribution in [0.3, 0.4) is 0 Å². The number of nitriles is 1. The van der Waals surface area contributed by atoms with E-state index in [0.717, 1.165) is 93.6 Å². The average molecular weight is 791 g/mol. The summed E-state index contributed by atoms with van der Waals surface area (Å²) in [5.74, 6) is -0.214. The SMILES string of the molecule is N#Cc1ccc(OC2CCC(=NC(=O)c3ccc(N4CCC(CN5CCN(c6ccc7c(c6)C(=O)N(C6CCC(=O)NC6=O)C7=O)CC5)CC4)nc3)CC2)cc1Cl. The summed E-state index contributed by atoms with van der Waals surface area (Å²) in [7, 11) is 0. The highest BCUT2D eigenvalue weighted by Crippen LogP contribution is 2.32. The van der Waals surface area contributed by atoms with Crippen LogP contribution in [0.1, 0.15) is 88.0 Å². The van der Waals surface area contributed by atoms with Crippen LogP contribution in [0, 0.1) is 17.2 Å². The Labute approximate surface area is 335 Å². The zero-order valence-electron chi connectivity index (χ0n) is 31.5. The van der Waals surface area contributed by atoms with Crippen molar-refractivity contribution in [3.8, 4) is 11.8 Å². The Hall–Kier alpha value is -5.65. The number of piperazine rings is 1. The molecule has 5 heterocycles. The van der Waals surface area contributed by atoms with Gasteiger partial charge in [-0.1, -0.05) is 11.6 Å². The number of halogens is 1. The number of aliphatic imine (C=N–C) groups is 1. The second-order valence-electron chi connectivity index (χ2n) is 15.4. The van der Waals surface area contributed by atoms with E-state index < -0.39 is 29.7 Å². The molecule has 8 rings (SSSR count). The third-order valence-electron chi connectivity index (χ3n) is 11.7. The number of hydrogen-bond acceptors (Lipinski definition) is 11. The topological polar surface area (TPSA) is 169 Å². The average Bonchev–Trinajstić information content (AvgIpc) is 3.47. The number of fused-ring (bicyclic) bond motifs is 1. The van der Waals surface area contributed by atoms with Crippen molar-refractivity contribution in [2.45, 2.75) is 63.5 Å². The molecule has 0 bridgehead atoms. The molecule has 0 spiro atoms. The first kappa shape index (κ1) is 38.2. The maximum atomic E-state index is 13.3. The van der Waals surface area contributed by atoms with Crippen molar-refractivity contribution in [1.82, 2.24) is 20.1 Å². The standard InChI is InChI=1S/C42H43ClN8O6/c43-35-22-32(6-1-27(35)23-44)57-31-7-3-29(4-8-31)46-39(53)28-2-11-37(45-24-28)50-15-13-26(14-16-50)25-48-17-19-49(20-18-48)30-5-9-33-34(21-30)42(56)51(41(33)55)36-10-12-38(52)47-40(36)54/h1-2,5-6,9,11,21-22,24,26,31,36H,3-4,7-8,10,12-20,25H2,(H,47,52,54). The van der Waals surface area contributed by atoms with Gasteiger partial charge in [0.2, 0.25) is 11.8 Å². The molecule has 4 aliphatic heterocycles. The zero-order chi connectivity index (χ0) is 39.6. The van der Waals surface area contributed by atoms with Gasteiger partial charge in [-0.2, -0.15) is 5.26 Å². The molecule has 14 nitrogen and oxygen atoms in total. The van der Waals surface area contributed by atoms with Crippen LogP contribution < -0.4 is 19.9 Å². The van der Waals surface area contributed by atoms with E-state index in [1.165, 1.54) is 0 Å². The first-order chi connectivity index (χ1) is 27.6. The molecule has 294 valence electrons. The lowest BCUT2D eigenvalue weighted by Crippen LogP contribution is -2.54. The van der Waals surface area contributed by atoms with E-state index >= 15 is 0 Å². The van der Waals surface area contributed by atoms with E-state index in [-0.39, 0.29) is 30.4 Å². The molecule has 1 N–H and O–H groups in total. The molecule has 5 aliphatic rings. The van der Waals surface area contributed by atoms with Gasteiger partial charge in [0.1, 0.15) is 23.7 Å². The number of nitrogens with one attached hydrogen (secondary N) is 1. The Morgan fingerprint density at radius 1 is 0.860 bits per heavy atom. The molecular formula is C42H43ClN8O6. The molecule has 57 heavy (non-hydrogen) atoms. The Morgan fingerprint density at radius 2 is 1.61 bits per heavy atom. The van der Waals surface area contributed by atoms with Crippen LogP contribution in [0.5, 0.6) is 5.75 Å². The van der Waals surface area contributed by atoms with Gasteiger partial charge in [0.15, 0.2) is 0 Å². The number of rotatable bonds is 8. The number of benzene rings is 2. The lowest BCUT2D eigenvalue weighted by atomic mass is 9.95. The number of carbonyl (C=O) groups excluding carboxylic acids is 5. The summed E-state index contributed by atoms with van der Waals surface area (Å²) in [6.45, 7) is 6.15. The Balaban J connectivity index is 0.766. The molecular weight excluding hydrogens is 748 g/mol. The van der Waals surface area contributed by atoms with Crippen molar-refractivity contribution < 1.29 is 28.7 Å². The Kier molecular flexibility index (Phi) is 11.0. The second kappa shape index (κ2) is 16.4. The normalized spacial score (nSPS) is 22.0. The second-order valence-corrected chi connectivity index (χ2v) is 15.8. The lowest BCUT2D eigenvalue weighted by molar-refractivity contribution is -0.136. The first-order valence-corrected chi connectivity index (χ1v) is 20.0. The number of anilines is 2. The highest BCUT2D eigenvalue weighted by molar-refractivity contribution is 6.31. The Bertz CT molecular complexity index is 2160. The van der Waals surface area contributed by atoms with Crippen LogP contribution in [0.25, 0.3) is 0 Å². The molecule has 1 saturated carbocycles. The molecule has 15 heteroatoms. The summed E-state index contributed by atoms with van der Waals surface area (Å²) in [5, 5.41) is 11.7. The molecule has 3 aromatic rings. The number of pyridine rings is 1. The van der Waals surface area contributed by atoms with Crippen LogP contribution in [-0.2, 0) is 9.59 Å². The maximum absolute atomic E-state index is 13.3. The van der Waals surface area contributed by atoms with Crippen molar-refractivity contribution >= 4 is 58.4 Å². The predicted molar refractivity (Wildman–Crippen MR) is 212 cm³/mol. The van der Waals surface area contributed by atoms with Gasteiger partial charge in [0.05, 0.1) is 33.4 Å². The van der Waals surface area contributed by atoms with Gasteiger partial charge in [-0.15, -0.1) is 0 Å². The van der Waals surface area contributed by atoms with Crippen molar-refractivity contribution in [3.63, 3.8) is 0 Å². The fourth-order valence-electron chi connectivity index (χ4n) is 8.47. The summed E-state index contributed by atoms with van der Waals surface area (Å²) >= 11 is 6.14. The number of ether oxygens (including phenoxy) is 1. The van der Waals surface area contributed by atoms with E-state index in [1.807, 2.05) is 24.3 Å². The van der Waals surface area contributed by atoms with Gasteiger partial charge in [-0.05, 0) is 93.3 Å². The van der Waals surface area contributed by atoms with E-state index in [9.17, 15) is 24.0 Å². The van der Waals surface area contributed by atoms with Crippen LogP contribution in [0.2, 0.25) is 5.02 Å². The molecule has 4 fully saturated rings. The van der Waals surface area contributed by atoms with Crippen LogP contribution in [0.4, 0.5) is 11.5 Å². The van der Waals surface area contributed by atoms with Gasteiger partial charge in [0.25, 0.3) is 17.7 Å². The monoisotopic (exact) mass is 790 g/mol. The molecule has 5 amide bonds. The number of aromatic nitrogens is 1. The minimum atomic E-state index is -0.976. The van der Waals surface area contributed by atoms with Crippen LogP contribution in [0.15, 0.2) is 59.7 Å². The maximum Gasteiger partial charge on any atom is 0.278 e. The van der Waals surface area contributed by atoms with Gasteiger partial charge >= 0.3 is 0 Å². The molecule has 1 atom stereocenters. The first-order valence-electron chi connectivity index (χ1n) is 19.6. The van der Waals surface area contributed by atoms with Crippen molar-refractivity contribution in [1.29, 1.82) is 5.26 Å². The molecule has 0 radical (unpaired) electrons. The van der Waals surface area contributed by atoms with E-state index in [2.05, 4.69) is 30.0 Å². The minimum absolute atomic E-state index is 0.00690. The van der Waals surface area contributed by atoms with E-state index in [0.29, 0.717) is 46.2 Å². The molecule has 3 saturated heterocycles. The number of piperidine rings is 2. The van der Waals surface area contributed by atoms with Crippen LogP contribution >= 0.6 is 11.6 Å².